The molecule has 0 saturated carbocycles. The van der Waals surface area contributed by atoms with Gasteiger partial charge in [-0.2, -0.15) is 14.8 Å². The molecule has 0 radical (unpaired) electrons. The predicted octanol–water partition coefficient (Wildman–Crippen LogP) is 20.4. The maximum atomic E-state index is 10.1. The first-order valence-corrected chi connectivity index (χ1v) is 35.6. The minimum atomic E-state index is -4.67. The van der Waals surface area contributed by atoms with Crippen molar-refractivity contribution in [3.05, 3.63) is 12.2 Å². The van der Waals surface area contributed by atoms with Crippen molar-refractivity contribution in [1.82, 2.24) is 0 Å². The Bertz CT molecular complexity index is 1080. The normalized spacial score (nSPS) is 11.2. The van der Waals surface area contributed by atoms with Crippen LogP contribution in [0.3, 0.4) is 0 Å². The average molecular weight is 1120 g/mol. The van der Waals surface area contributed by atoms with Gasteiger partial charge in [0.1, 0.15) is 0 Å². The second-order valence-corrected chi connectivity index (χ2v) is 23.8. The van der Waals surface area contributed by atoms with E-state index in [0.717, 1.165) is 19.3 Å². The summed E-state index contributed by atoms with van der Waals surface area (Å²) in [7, 11) is -4.67. The van der Waals surface area contributed by atoms with E-state index >= 15 is 0 Å². The van der Waals surface area contributed by atoms with Crippen molar-refractivity contribution in [2.24, 2.45) is 0 Å². The van der Waals surface area contributed by atoms with Crippen LogP contribution >= 0.6 is 0 Å². The van der Waals surface area contributed by atoms with Gasteiger partial charge in [0.25, 0.3) is 0 Å². The summed E-state index contributed by atoms with van der Waals surface area (Å²) in [5.74, 6) is 0. The van der Waals surface area contributed by atoms with Gasteiger partial charge in [0, 0.05) is 13.2 Å². The van der Waals surface area contributed by atoms with E-state index in [0.29, 0.717) is 19.6 Å². The quantitative estimate of drug-likeness (QED) is 0.0157. The summed E-state index contributed by atoms with van der Waals surface area (Å²) in [6, 6.07) is 0. The van der Waals surface area contributed by atoms with Gasteiger partial charge in [0.2, 0.25) is 0 Å². The Morgan fingerprint density at radius 3 is 0.571 bits per heavy atom. The molecule has 0 aromatic rings. The summed E-state index contributed by atoms with van der Waals surface area (Å²) >= 11 is 0. The molecule has 0 amide bonds. The molecule has 9 heteroatoms. The first-order valence-electron chi connectivity index (χ1n) is 34.2. The SMILES string of the molecule is CCCCCCCC/C=C\CCCCCCCCO.CCCCCCCCCCCCCCCCCCCCCCCCCCCCCCCCC[C-]=O.CCCCCCCCCCCCCCCCO.O=S(=O)(O)O.[Na+]. The molecule has 0 unspecified atom stereocenters. The Balaban J connectivity index is -0.000000346. The zero-order valence-electron chi connectivity index (χ0n) is 52.9. The van der Waals surface area contributed by atoms with Crippen LogP contribution in [0, 0.1) is 0 Å². The molecule has 0 spiro atoms. The van der Waals surface area contributed by atoms with Crippen molar-refractivity contribution in [1.29, 1.82) is 0 Å². The van der Waals surface area contributed by atoms with Crippen molar-refractivity contribution >= 4 is 16.7 Å². The van der Waals surface area contributed by atoms with E-state index in [9.17, 15) is 4.79 Å². The molecule has 0 atom stereocenters. The van der Waals surface area contributed by atoms with Gasteiger partial charge in [0.15, 0.2) is 0 Å². The second kappa shape index (κ2) is 85.0. The van der Waals surface area contributed by atoms with Gasteiger partial charge in [-0.25, -0.2) is 0 Å². The minimum Gasteiger partial charge on any atom is -0.542 e. The standard InChI is InChI=1S/C34H67O.C18H36O.C16H34O.Na.H2O4S/c1-2-3-4-5-6-7-8-9-10-11-12-13-14-15-16-17-18-19-20-21-22-23-24-25-26-27-28-29-30-31-32-33-34-35;1-2-3-4-5-6-7-8-9-10-11-12-13-14-15-16-17-18-19;1-2-3-4-5-6-7-8-9-10-11-12-13-14-15-16-17;;1-5(2,3)4/h2-33H2,1H3;9-10,19H,2-8,11-18H2,1H3;17H,2-16H2,1H3;;(H2,1,2,3,4)/q-1;;;+1;/b;10-9-;;;. The summed E-state index contributed by atoms with van der Waals surface area (Å²) in [6.45, 7) is 7.59. The third kappa shape index (κ3) is 108. The zero-order chi connectivity index (χ0) is 56.5. The third-order valence-electron chi connectivity index (χ3n) is 15.1. The van der Waals surface area contributed by atoms with Gasteiger partial charge in [-0.1, -0.05) is 373 Å². The Morgan fingerprint density at radius 1 is 0.273 bits per heavy atom. The molecule has 77 heavy (non-hydrogen) atoms. The van der Waals surface area contributed by atoms with Crippen LogP contribution in [0.5, 0.6) is 0 Å². The number of unbranched alkanes of at least 4 members (excludes halogenated alkanes) is 56. The van der Waals surface area contributed by atoms with Crippen molar-refractivity contribution in [2.45, 2.75) is 406 Å². The van der Waals surface area contributed by atoms with E-state index in [2.05, 4.69) is 32.9 Å². The minimum absolute atomic E-state index is 0. The molecule has 0 saturated heterocycles. The summed E-state index contributed by atoms with van der Waals surface area (Å²) in [5, 5.41) is 17.3. The predicted molar refractivity (Wildman–Crippen MR) is 337 cm³/mol. The van der Waals surface area contributed by atoms with E-state index in [-0.39, 0.29) is 29.6 Å². The Labute approximate surface area is 506 Å². The molecular formula is C68H139NaO7S. The number of carbonyl (C=O) groups excluding carboxylic acids is 1. The molecule has 4 N–H and O–H groups in total. The fourth-order valence-electron chi connectivity index (χ4n) is 10.1. The zero-order valence-corrected chi connectivity index (χ0v) is 55.7. The molecule has 0 aliphatic heterocycles. The van der Waals surface area contributed by atoms with Crippen LogP contribution in [-0.4, -0.2) is 47.2 Å². The molecule has 460 valence electrons. The molecule has 0 fully saturated rings. The van der Waals surface area contributed by atoms with Crippen molar-refractivity contribution in [3.8, 4) is 0 Å². The maximum absolute atomic E-state index is 10.1. The Morgan fingerprint density at radius 2 is 0.416 bits per heavy atom. The number of aliphatic hydroxyl groups excluding tert-OH is 2. The average Bonchev–Trinajstić information content (AvgIpc) is 3.40. The molecule has 0 heterocycles. The number of hydrogen-bond donors (Lipinski definition) is 4. The molecule has 0 bridgehead atoms. The van der Waals surface area contributed by atoms with Gasteiger partial charge in [0.05, 0.1) is 0 Å². The molecule has 0 aliphatic rings. The third-order valence-corrected chi connectivity index (χ3v) is 15.1. The molecule has 0 aliphatic carbocycles. The first-order chi connectivity index (χ1) is 37.2. The molecule has 0 aromatic carbocycles. The topological polar surface area (TPSA) is 132 Å². The van der Waals surface area contributed by atoms with Crippen LogP contribution in [0.4, 0.5) is 0 Å². The Kier molecular flexibility index (Phi) is 94.9. The van der Waals surface area contributed by atoms with E-state index in [1.165, 1.54) is 360 Å². The first kappa shape index (κ1) is 86.0. The van der Waals surface area contributed by atoms with Crippen LogP contribution < -0.4 is 29.6 Å². The van der Waals surface area contributed by atoms with Gasteiger partial charge >= 0.3 is 40.0 Å². The van der Waals surface area contributed by atoms with Crippen molar-refractivity contribution in [2.75, 3.05) is 13.2 Å². The summed E-state index contributed by atoms with van der Waals surface area (Å²) < 4.78 is 31.6. The van der Waals surface area contributed by atoms with E-state index in [4.69, 9.17) is 27.7 Å². The van der Waals surface area contributed by atoms with Crippen LogP contribution in [0.1, 0.15) is 406 Å². The molecule has 7 nitrogen and oxygen atoms in total. The summed E-state index contributed by atoms with van der Waals surface area (Å²) in [4.78, 5) is 10.1. The largest absolute Gasteiger partial charge is 1.00 e. The fraction of sp³-hybridized carbons (Fsp3) is 0.956. The number of hydrogen-bond acceptors (Lipinski definition) is 5. The van der Waals surface area contributed by atoms with Crippen LogP contribution in [0.2, 0.25) is 0 Å². The van der Waals surface area contributed by atoms with Gasteiger partial charge in [-0.05, 0) is 38.5 Å². The number of aliphatic hydroxyl groups is 2. The van der Waals surface area contributed by atoms with Gasteiger partial charge < -0.3 is 15.0 Å². The van der Waals surface area contributed by atoms with Gasteiger partial charge in [-0.15, -0.1) is 0 Å². The Hall–Kier alpha value is 0.200. The molecular weight excluding hydrogens is 984 g/mol. The van der Waals surface area contributed by atoms with Crippen LogP contribution in [0.25, 0.3) is 0 Å². The van der Waals surface area contributed by atoms with Crippen LogP contribution in [-0.2, 0) is 15.2 Å². The van der Waals surface area contributed by atoms with Gasteiger partial charge in [-0.3, -0.25) is 15.4 Å². The van der Waals surface area contributed by atoms with Crippen molar-refractivity contribution < 1.29 is 62.1 Å². The molecule has 0 aromatic heterocycles. The molecule has 0 rings (SSSR count). The van der Waals surface area contributed by atoms with Crippen molar-refractivity contribution in [3.63, 3.8) is 0 Å². The second-order valence-electron chi connectivity index (χ2n) is 22.9. The maximum Gasteiger partial charge on any atom is 1.00 e. The van der Waals surface area contributed by atoms with E-state index in [1.54, 1.807) is 0 Å². The smallest absolute Gasteiger partial charge is 0.542 e. The monoisotopic (exact) mass is 1120 g/mol. The number of allylic oxidation sites excluding steroid dienone is 2. The van der Waals surface area contributed by atoms with E-state index in [1.807, 2.05) is 6.29 Å². The number of rotatable bonds is 61. The van der Waals surface area contributed by atoms with Crippen LogP contribution in [0.15, 0.2) is 12.2 Å². The fourth-order valence-corrected chi connectivity index (χ4v) is 10.1. The summed E-state index contributed by atoms with van der Waals surface area (Å²) in [6.07, 6.45) is 89.5. The van der Waals surface area contributed by atoms with E-state index < -0.39 is 10.4 Å². The summed E-state index contributed by atoms with van der Waals surface area (Å²) in [5.41, 5.74) is 0.